The van der Waals surface area contributed by atoms with Gasteiger partial charge in [0.1, 0.15) is 0 Å². The average Bonchev–Trinajstić information content (AvgIpc) is 2.47. The maximum atomic E-state index is 11.7. The van der Waals surface area contributed by atoms with Crippen molar-refractivity contribution in [3.05, 3.63) is 12.2 Å². The molecule has 1 saturated heterocycles. The van der Waals surface area contributed by atoms with Gasteiger partial charge in [0.2, 0.25) is 5.91 Å². The zero-order chi connectivity index (χ0) is 12.5. The molecule has 1 aliphatic heterocycles. The van der Waals surface area contributed by atoms with Crippen molar-refractivity contribution in [1.82, 2.24) is 4.90 Å². The van der Waals surface area contributed by atoms with Gasteiger partial charge in [-0.05, 0) is 11.3 Å². The molecule has 1 N–H and O–H groups in total. The van der Waals surface area contributed by atoms with Crippen molar-refractivity contribution in [3.63, 3.8) is 0 Å². The maximum absolute atomic E-state index is 11.7. The largest absolute Gasteiger partial charge is 0.478 e. The van der Waals surface area contributed by atoms with E-state index in [4.69, 9.17) is 5.11 Å². The number of carbonyl (C=O) groups excluding carboxylic acids is 1. The molecule has 0 spiro atoms. The lowest BCUT2D eigenvalue weighted by atomic mass is 9.80. The SMILES string of the molecule is C=C(CN1CC(C(C)(C)C)CC1=O)C(=O)O. The Kier molecular flexibility index (Phi) is 3.41. The predicted molar refractivity (Wildman–Crippen MR) is 60.9 cm³/mol. The fourth-order valence-electron chi connectivity index (χ4n) is 1.80. The quantitative estimate of drug-likeness (QED) is 0.741. The highest BCUT2D eigenvalue weighted by molar-refractivity contribution is 5.88. The number of hydrogen-bond donors (Lipinski definition) is 1. The topological polar surface area (TPSA) is 57.6 Å². The van der Waals surface area contributed by atoms with Gasteiger partial charge in [0, 0.05) is 18.5 Å². The molecule has 4 heteroatoms. The number of likely N-dealkylation sites (tertiary alicyclic amines) is 1. The van der Waals surface area contributed by atoms with Crippen LogP contribution >= 0.6 is 0 Å². The maximum Gasteiger partial charge on any atom is 0.332 e. The second-order valence-electron chi connectivity index (χ2n) is 5.45. The average molecular weight is 225 g/mol. The highest BCUT2D eigenvalue weighted by Crippen LogP contribution is 2.34. The van der Waals surface area contributed by atoms with Crippen molar-refractivity contribution in [3.8, 4) is 0 Å². The molecular formula is C12H19NO3. The molecule has 0 aromatic carbocycles. The molecule has 1 aliphatic rings. The minimum atomic E-state index is -1.04. The van der Waals surface area contributed by atoms with Crippen LogP contribution in [0.1, 0.15) is 27.2 Å². The van der Waals surface area contributed by atoms with Crippen molar-refractivity contribution in [2.75, 3.05) is 13.1 Å². The lowest BCUT2D eigenvalue weighted by molar-refractivity contribution is -0.133. The predicted octanol–water partition coefficient (Wildman–Crippen LogP) is 1.52. The fourth-order valence-corrected chi connectivity index (χ4v) is 1.80. The fraction of sp³-hybridized carbons (Fsp3) is 0.667. The molecule has 1 atom stereocenters. The van der Waals surface area contributed by atoms with Crippen LogP contribution in [0.25, 0.3) is 0 Å². The molecule has 1 amide bonds. The van der Waals surface area contributed by atoms with Crippen LogP contribution in [0.4, 0.5) is 0 Å². The molecule has 1 heterocycles. The van der Waals surface area contributed by atoms with Gasteiger partial charge in [-0.3, -0.25) is 4.79 Å². The van der Waals surface area contributed by atoms with Crippen molar-refractivity contribution in [2.45, 2.75) is 27.2 Å². The van der Waals surface area contributed by atoms with Gasteiger partial charge in [-0.15, -0.1) is 0 Å². The Labute approximate surface area is 95.9 Å². The third-order valence-electron chi connectivity index (χ3n) is 3.12. The van der Waals surface area contributed by atoms with E-state index >= 15 is 0 Å². The summed E-state index contributed by atoms with van der Waals surface area (Å²) < 4.78 is 0. The normalized spacial score (nSPS) is 21.3. The summed E-state index contributed by atoms with van der Waals surface area (Å²) in [5, 5.41) is 8.72. The summed E-state index contributed by atoms with van der Waals surface area (Å²) in [7, 11) is 0. The van der Waals surface area contributed by atoms with Crippen molar-refractivity contribution in [2.24, 2.45) is 11.3 Å². The van der Waals surface area contributed by atoms with Crippen LogP contribution in [-0.2, 0) is 9.59 Å². The second-order valence-corrected chi connectivity index (χ2v) is 5.45. The van der Waals surface area contributed by atoms with Gasteiger partial charge in [0.15, 0.2) is 0 Å². The van der Waals surface area contributed by atoms with Gasteiger partial charge >= 0.3 is 5.97 Å². The van der Waals surface area contributed by atoms with Crippen molar-refractivity contribution in [1.29, 1.82) is 0 Å². The molecule has 1 fully saturated rings. The number of rotatable bonds is 3. The Hall–Kier alpha value is -1.32. The number of nitrogens with zero attached hydrogens (tertiary/aromatic N) is 1. The highest BCUT2D eigenvalue weighted by Gasteiger charge is 2.37. The van der Waals surface area contributed by atoms with Crippen LogP contribution in [-0.4, -0.2) is 35.0 Å². The smallest absolute Gasteiger partial charge is 0.332 e. The molecule has 0 radical (unpaired) electrons. The van der Waals surface area contributed by atoms with Gasteiger partial charge in [0.05, 0.1) is 6.54 Å². The van der Waals surface area contributed by atoms with Gasteiger partial charge in [-0.2, -0.15) is 0 Å². The lowest BCUT2D eigenvalue weighted by Gasteiger charge is -2.26. The summed E-state index contributed by atoms with van der Waals surface area (Å²) in [4.78, 5) is 23.9. The summed E-state index contributed by atoms with van der Waals surface area (Å²) >= 11 is 0. The summed E-state index contributed by atoms with van der Waals surface area (Å²) in [5.74, 6) is -0.712. The van der Waals surface area contributed by atoms with Crippen LogP contribution in [0.5, 0.6) is 0 Å². The molecule has 0 aromatic rings. The van der Waals surface area contributed by atoms with E-state index in [2.05, 4.69) is 27.4 Å². The van der Waals surface area contributed by atoms with Crippen molar-refractivity contribution >= 4 is 11.9 Å². The molecule has 0 bridgehead atoms. The number of hydrogen-bond acceptors (Lipinski definition) is 2. The van der Waals surface area contributed by atoms with Crippen LogP contribution in [0.2, 0.25) is 0 Å². The number of carbonyl (C=O) groups is 2. The van der Waals surface area contributed by atoms with E-state index < -0.39 is 5.97 Å². The van der Waals surface area contributed by atoms with E-state index in [1.54, 1.807) is 4.90 Å². The molecule has 16 heavy (non-hydrogen) atoms. The Bertz CT molecular complexity index is 328. The van der Waals surface area contributed by atoms with Crippen molar-refractivity contribution < 1.29 is 14.7 Å². The van der Waals surface area contributed by atoms with Gasteiger partial charge in [-0.1, -0.05) is 27.4 Å². The molecular weight excluding hydrogens is 206 g/mol. The Morgan fingerprint density at radius 3 is 2.50 bits per heavy atom. The number of aliphatic carboxylic acids is 1. The third kappa shape index (κ3) is 2.84. The lowest BCUT2D eigenvalue weighted by Crippen LogP contribution is -2.30. The Morgan fingerprint density at radius 1 is 1.56 bits per heavy atom. The first-order valence-electron chi connectivity index (χ1n) is 5.40. The molecule has 0 saturated carbocycles. The summed E-state index contributed by atoms with van der Waals surface area (Å²) in [5.41, 5.74) is 0.150. The third-order valence-corrected chi connectivity index (χ3v) is 3.12. The molecule has 4 nitrogen and oxygen atoms in total. The summed E-state index contributed by atoms with van der Waals surface area (Å²) in [6.07, 6.45) is 0.510. The van der Waals surface area contributed by atoms with E-state index in [0.29, 0.717) is 18.9 Å². The minimum absolute atomic E-state index is 0.0299. The second kappa shape index (κ2) is 4.28. The first-order chi connectivity index (χ1) is 7.21. The molecule has 1 rings (SSSR count). The van der Waals surface area contributed by atoms with E-state index in [1.165, 1.54) is 0 Å². The Balaban J connectivity index is 2.62. The number of amides is 1. The van der Waals surface area contributed by atoms with E-state index in [-0.39, 0.29) is 23.4 Å². The first kappa shape index (κ1) is 12.7. The minimum Gasteiger partial charge on any atom is -0.478 e. The molecule has 90 valence electrons. The summed E-state index contributed by atoms with van der Waals surface area (Å²) in [6, 6.07) is 0. The zero-order valence-electron chi connectivity index (χ0n) is 10.1. The number of carboxylic acids is 1. The van der Waals surface area contributed by atoms with Gasteiger partial charge in [0.25, 0.3) is 0 Å². The van der Waals surface area contributed by atoms with Crippen LogP contribution in [0.15, 0.2) is 12.2 Å². The molecule has 0 aliphatic carbocycles. The van der Waals surface area contributed by atoms with E-state index in [9.17, 15) is 9.59 Å². The zero-order valence-corrected chi connectivity index (χ0v) is 10.1. The summed E-state index contributed by atoms with van der Waals surface area (Å²) in [6.45, 7) is 10.5. The Morgan fingerprint density at radius 2 is 2.12 bits per heavy atom. The first-order valence-corrected chi connectivity index (χ1v) is 5.40. The standard InChI is InChI=1S/C12H19NO3/c1-8(11(15)16)6-13-7-9(5-10(13)14)12(2,3)4/h9H,1,5-7H2,2-4H3,(H,15,16). The molecule has 0 aromatic heterocycles. The van der Waals surface area contributed by atoms with Crippen LogP contribution < -0.4 is 0 Å². The number of carboxylic acid groups (broad SMARTS) is 1. The van der Waals surface area contributed by atoms with Gasteiger partial charge < -0.3 is 10.0 Å². The van der Waals surface area contributed by atoms with E-state index in [0.717, 1.165) is 0 Å². The monoisotopic (exact) mass is 225 g/mol. The van der Waals surface area contributed by atoms with Crippen LogP contribution in [0, 0.1) is 11.3 Å². The van der Waals surface area contributed by atoms with E-state index in [1.807, 2.05) is 0 Å². The highest BCUT2D eigenvalue weighted by atomic mass is 16.4. The molecule has 1 unspecified atom stereocenters. The van der Waals surface area contributed by atoms with Gasteiger partial charge in [-0.25, -0.2) is 4.79 Å². The van der Waals surface area contributed by atoms with Crippen LogP contribution in [0.3, 0.4) is 0 Å².